The molecule has 0 spiro atoms. The van der Waals surface area contributed by atoms with E-state index in [4.69, 9.17) is 0 Å². The van der Waals surface area contributed by atoms with Gasteiger partial charge in [-0.3, -0.25) is 10.1 Å². The van der Waals surface area contributed by atoms with Crippen molar-refractivity contribution in [1.82, 2.24) is 4.98 Å². The first-order valence-electron chi connectivity index (χ1n) is 6.07. The monoisotopic (exact) mass is 355 g/mol. The Balaban J connectivity index is 2.13. The van der Waals surface area contributed by atoms with Gasteiger partial charge in [-0.25, -0.2) is 4.98 Å². The number of aromatic nitrogens is 1. The van der Waals surface area contributed by atoms with Crippen LogP contribution in [0.2, 0.25) is 0 Å². The maximum absolute atomic E-state index is 10.8. The number of nitrogens with zero attached hydrogens (tertiary/aromatic N) is 2. The zero-order chi connectivity index (χ0) is 14.7. The van der Waals surface area contributed by atoms with Gasteiger partial charge in [0, 0.05) is 22.9 Å². The van der Waals surface area contributed by atoms with Gasteiger partial charge in [0.05, 0.1) is 9.40 Å². The fourth-order valence-corrected chi connectivity index (χ4v) is 3.12. The highest BCUT2D eigenvalue weighted by Crippen LogP contribution is 2.31. The van der Waals surface area contributed by atoms with Crippen molar-refractivity contribution in [1.29, 1.82) is 0 Å². The largest absolute Gasteiger partial charge is 0.366 e. The number of nitrogens with one attached hydrogen (secondary N) is 1. The zero-order valence-corrected chi connectivity index (χ0v) is 13.5. The van der Waals surface area contributed by atoms with Gasteiger partial charge in [-0.15, -0.1) is 11.3 Å². The molecule has 0 aliphatic rings. The van der Waals surface area contributed by atoms with Crippen LogP contribution < -0.4 is 5.32 Å². The fraction of sp³-hybridized carbons (Fsp3) is 0.308. The molecule has 2 aromatic rings. The maximum atomic E-state index is 10.8. The Kier molecular flexibility index (Phi) is 4.72. The van der Waals surface area contributed by atoms with Crippen LogP contribution in [0.5, 0.6) is 0 Å². The average Bonchev–Trinajstić information content (AvgIpc) is 2.87. The van der Waals surface area contributed by atoms with Crippen molar-refractivity contribution in [2.45, 2.75) is 26.3 Å². The number of halogens is 1. The van der Waals surface area contributed by atoms with Crippen molar-refractivity contribution in [2.24, 2.45) is 0 Å². The third-order valence-corrected chi connectivity index (χ3v) is 4.77. The van der Waals surface area contributed by atoms with E-state index >= 15 is 0 Å². The molecule has 0 aromatic carbocycles. The first-order chi connectivity index (χ1) is 9.49. The van der Waals surface area contributed by atoms with Crippen molar-refractivity contribution >= 4 is 38.8 Å². The van der Waals surface area contributed by atoms with Crippen LogP contribution in [0.1, 0.15) is 17.4 Å². The SMILES string of the molecule is Cc1c([N+](=O)[O-])cnc(NC(C)Cc2cccs2)c1Br. The second kappa shape index (κ2) is 6.32. The standard InChI is InChI=1S/C13H14BrN3O2S/c1-8(6-10-4-3-5-20-10)16-13-12(14)9(2)11(7-15-13)17(18)19/h3-5,7-8H,6H2,1-2H3,(H,15,16). The lowest BCUT2D eigenvalue weighted by atomic mass is 10.2. The summed E-state index contributed by atoms with van der Waals surface area (Å²) in [5.41, 5.74) is 0.601. The van der Waals surface area contributed by atoms with Crippen molar-refractivity contribution in [3.8, 4) is 0 Å². The molecule has 0 aliphatic carbocycles. The number of hydrogen-bond donors (Lipinski definition) is 1. The molecule has 1 atom stereocenters. The van der Waals surface area contributed by atoms with Crippen molar-refractivity contribution < 1.29 is 4.92 Å². The number of hydrogen-bond acceptors (Lipinski definition) is 5. The van der Waals surface area contributed by atoms with Crippen LogP contribution in [0.3, 0.4) is 0 Å². The van der Waals surface area contributed by atoms with E-state index in [2.05, 4.69) is 39.2 Å². The van der Waals surface area contributed by atoms with Gasteiger partial charge in [-0.1, -0.05) is 6.07 Å². The molecule has 0 saturated carbocycles. The molecule has 5 nitrogen and oxygen atoms in total. The molecule has 0 bridgehead atoms. The Morgan fingerprint density at radius 3 is 2.95 bits per heavy atom. The first-order valence-corrected chi connectivity index (χ1v) is 7.74. The van der Waals surface area contributed by atoms with E-state index in [1.165, 1.54) is 11.1 Å². The van der Waals surface area contributed by atoms with Gasteiger partial charge in [-0.05, 0) is 41.2 Å². The normalized spacial score (nSPS) is 12.2. The zero-order valence-electron chi connectivity index (χ0n) is 11.1. The summed E-state index contributed by atoms with van der Waals surface area (Å²) in [5, 5.41) is 16.2. The second-order valence-electron chi connectivity index (χ2n) is 4.52. The summed E-state index contributed by atoms with van der Waals surface area (Å²) in [7, 11) is 0. The van der Waals surface area contributed by atoms with E-state index in [1.54, 1.807) is 18.3 Å². The molecule has 106 valence electrons. The van der Waals surface area contributed by atoms with Crippen molar-refractivity contribution in [3.63, 3.8) is 0 Å². The Bertz CT molecular complexity index is 616. The number of rotatable bonds is 5. The second-order valence-corrected chi connectivity index (χ2v) is 6.34. The highest BCUT2D eigenvalue weighted by atomic mass is 79.9. The fourth-order valence-electron chi connectivity index (χ4n) is 1.87. The summed E-state index contributed by atoms with van der Waals surface area (Å²) in [6.45, 7) is 3.77. The molecule has 2 rings (SSSR count). The lowest BCUT2D eigenvalue weighted by Crippen LogP contribution is -2.19. The van der Waals surface area contributed by atoms with Gasteiger partial charge in [0.2, 0.25) is 0 Å². The maximum Gasteiger partial charge on any atom is 0.291 e. The van der Waals surface area contributed by atoms with Crippen LogP contribution in [0, 0.1) is 17.0 Å². The first kappa shape index (κ1) is 14.9. The minimum atomic E-state index is -0.425. The molecule has 0 saturated heterocycles. The minimum absolute atomic E-state index is 0.0216. The van der Waals surface area contributed by atoms with Crippen LogP contribution in [0.15, 0.2) is 28.2 Å². The number of anilines is 1. The summed E-state index contributed by atoms with van der Waals surface area (Å²) in [5.74, 6) is 0.636. The average molecular weight is 356 g/mol. The number of thiophene rings is 1. The van der Waals surface area contributed by atoms with Gasteiger partial charge >= 0.3 is 0 Å². The van der Waals surface area contributed by atoms with E-state index in [0.29, 0.717) is 15.9 Å². The smallest absolute Gasteiger partial charge is 0.291 e. The van der Waals surface area contributed by atoms with E-state index in [9.17, 15) is 10.1 Å². The summed E-state index contributed by atoms with van der Waals surface area (Å²) in [6.07, 6.45) is 2.18. The van der Waals surface area contributed by atoms with Gasteiger partial charge in [0.15, 0.2) is 0 Å². The summed E-state index contributed by atoms with van der Waals surface area (Å²) in [4.78, 5) is 15.8. The van der Waals surface area contributed by atoms with Crippen LogP contribution in [-0.2, 0) is 6.42 Å². The van der Waals surface area contributed by atoms with E-state index < -0.39 is 4.92 Å². The predicted octanol–water partition coefficient (Wildman–Crippen LogP) is 4.17. The van der Waals surface area contributed by atoms with Crippen molar-refractivity contribution in [2.75, 3.05) is 5.32 Å². The Labute approximate surface area is 129 Å². The van der Waals surface area contributed by atoms with E-state index in [0.717, 1.165) is 6.42 Å². The molecule has 0 amide bonds. The van der Waals surface area contributed by atoms with Crippen LogP contribution >= 0.6 is 27.3 Å². The molecule has 1 N–H and O–H groups in total. The number of pyridine rings is 1. The lowest BCUT2D eigenvalue weighted by Gasteiger charge is -2.15. The van der Waals surface area contributed by atoms with Gasteiger partial charge in [-0.2, -0.15) is 0 Å². The van der Waals surface area contributed by atoms with Crippen LogP contribution in [-0.4, -0.2) is 15.9 Å². The Morgan fingerprint density at radius 2 is 2.35 bits per heavy atom. The summed E-state index contributed by atoms with van der Waals surface area (Å²) in [6, 6.07) is 4.31. The highest BCUT2D eigenvalue weighted by molar-refractivity contribution is 9.10. The molecule has 0 aliphatic heterocycles. The van der Waals surface area contributed by atoms with Gasteiger partial charge in [0.25, 0.3) is 5.69 Å². The molecule has 0 fully saturated rings. The lowest BCUT2D eigenvalue weighted by molar-refractivity contribution is -0.385. The third kappa shape index (κ3) is 3.34. The Hall–Kier alpha value is -1.47. The quantitative estimate of drug-likeness (QED) is 0.645. The van der Waals surface area contributed by atoms with Gasteiger partial charge < -0.3 is 5.32 Å². The molecule has 20 heavy (non-hydrogen) atoms. The molecular weight excluding hydrogens is 342 g/mol. The van der Waals surface area contributed by atoms with E-state index in [1.807, 2.05) is 11.4 Å². The molecule has 2 aromatic heterocycles. The van der Waals surface area contributed by atoms with Gasteiger partial charge in [0.1, 0.15) is 12.0 Å². The van der Waals surface area contributed by atoms with Crippen LogP contribution in [0.25, 0.3) is 0 Å². The highest BCUT2D eigenvalue weighted by Gasteiger charge is 2.18. The molecule has 7 heteroatoms. The Morgan fingerprint density at radius 1 is 1.60 bits per heavy atom. The molecule has 0 radical (unpaired) electrons. The van der Waals surface area contributed by atoms with E-state index in [-0.39, 0.29) is 11.7 Å². The molecule has 2 heterocycles. The predicted molar refractivity (Wildman–Crippen MR) is 84.4 cm³/mol. The topological polar surface area (TPSA) is 68.1 Å². The van der Waals surface area contributed by atoms with Crippen molar-refractivity contribution in [3.05, 3.63) is 48.7 Å². The molecule has 1 unspecified atom stereocenters. The molecular formula is C13H14BrN3O2S. The number of nitro groups is 1. The minimum Gasteiger partial charge on any atom is -0.366 e. The van der Waals surface area contributed by atoms with Crippen LogP contribution in [0.4, 0.5) is 11.5 Å². The summed E-state index contributed by atoms with van der Waals surface area (Å²) < 4.78 is 0.643. The summed E-state index contributed by atoms with van der Waals surface area (Å²) >= 11 is 5.09. The third-order valence-electron chi connectivity index (χ3n) is 2.90.